The summed E-state index contributed by atoms with van der Waals surface area (Å²) in [5, 5.41) is 3.60. The summed E-state index contributed by atoms with van der Waals surface area (Å²) in [6.45, 7) is 4.54. The minimum Gasteiger partial charge on any atom is -0.412 e. The minimum atomic E-state index is 0. The van der Waals surface area contributed by atoms with Crippen LogP contribution in [0.4, 0.5) is 11.4 Å². The molecule has 0 fully saturated rings. The highest BCUT2D eigenvalue weighted by atomic mass is 127. The van der Waals surface area contributed by atoms with E-state index in [1.807, 2.05) is 11.8 Å². The Morgan fingerprint density at radius 1 is 0.913 bits per heavy atom. The predicted octanol–water partition coefficient (Wildman–Crippen LogP) is 7.06. The number of benzene rings is 2. The van der Waals surface area contributed by atoms with Crippen molar-refractivity contribution in [2.24, 2.45) is 0 Å². The number of nitrogens with one attached hydrogen (secondary N) is 1. The van der Waals surface area contributed by atoms with E-state index in [0.29, 0.717) is 5.92 Å². The molecule has 1 unspecified atom stereocenters. The molecule has 2 aromatic rings. The van der Waals surface area contributed by atoms with Gasteiger partial charge in [0.05, 0.1) is 11.4 Å². The molecule has 0 bridgehead atoms. The zero-order valence-electron chi connectivity index (χ0n) is 12.9. The second kappa shape index (κ2) is 13.6. The summed E-state index contributed by atoms with van der Waals surface area (Å²) >= 11 is 1.86. The molecule has 1 heterocycles. The minimum absolute atomic E-state index is 0. The SMILES string of the molecule is CCC(C)c1cccc2c1Nc1ccccc1S2.I.I.I.I.O. The zero-order chi connectivity index (χ0) is 12.5. The van der Waals surface area contributed by atoms with Crippen LogP contribution in [0.5, 0.6) is 0 Å². The third-order valence-electron chi connectivity index (χ3n) is 3.57. The van der Waals surface area contributed by atoms with Crippen LogP contribution in [0.25, 0.3) is 0 Å². The summed E-state index contributed by atoms with van der Waals surface area (Å²) in [5.41, 5.74) is 3.96. The molecule has 0 saturated heterocycles. The second-order valence-electron chi connectivity index (χ2n) is 4.75. The summed E-state index contributed by atoms with van der Waals surface area (Å²) in [6.07, 6.45) is 1.17. The highest BCUT2D eigenvalue weighted by molar-refractivity contribution is 14.0. The molecule has 3 N–H and O–H groups in total. The van der Waals surface area contributed by atoms with Crippen LogP contribution in [0.2, 0.25) is 0 Å². The molecule has 0 aliphatic carbocycles. The zero-order valence-corrected chi connectivity index (χ0v) is 23.0. The van der Waals surface area contributed by atoms with Gasteiger partial charge in [0.2, 0.25) is 0 Å². The fourth-order valence-electron chi connectivity index (χ4n) is 2.31. The predicted molar refractivity (Wildman–Crippen MR) is 144 cm³/mol. The summed E-state index contributed by atoms with van der Waals surface area (Å²) in [5.74, 6) is 0.596. The molecule has 2 aromatic carbocycles. The van der Waals surface area contributed by atoms with Crippen LogP contribution in [0, 0.1) is 0 Å². The van der Waals surface area contributed by atoms with Gasteiger partial charge < -0.3 is 10.8 Å². The first-order valence-electron chi connectivity index (χ1n) is 6.46. The molecule has 1 aliphatic rings. The lowest BCUT2D eigenvalue weighted by Crippen LogP contribution is -2.05. The Hall–Kier alpha value is 1.47. The Kier molecular flexibility index (Phi) is 17.3. The van der Waals surface area contributed by atoms with Gasteiger partial charge in [0, 0.05) is 9.79 Å². The fourth-order valence-corrected chi connectivity index (χ4v) is 3.34. The number of hydrogen-bond acceptors (Lipinski definition) is 2. The lowest BCUT2D eigenvalue weighted by Gasteiger charge is -2.25. The second-order valence-corrected chi connectivity index (χ2v) is 5.84. The highest BCUT2D eigenvalue weighted by Crippen LogP contribution is 2.46. The van der Waals surface area contributed by atoms with Crippen LogP contribution in [-0.4, -0.2) is 5.48 Å². The van der Waals surface area contributed by atoms with Crippen molar-refractivity contribution in [2.75, 3.05) is 5.32 Å². The molecule has 1 atom stereocenters. The Balaban J connectivity index is -0.000000800. The number of anilines is 2. The van der Waals surface area contributed by atoms with Crippen molar-refractivity contribution in [1.29, 1.82) is 0 Å². The summed E-state index contributed by atoms with van der Waals surface area (Å²) in [7, 11) is 0. The third-order valence-corrected chi connectivity index (χ3v) is 4.70. The first kappa shape index (κ1) is 29.2. The molecular formula is C16H23I4NOS. The topological polar surface area (TPSA) is 43.5 Å². The largest absolute Gasteiger partial charge is 0.412 e. The van der Waals surface area contributed by atoms with E-state index in [1.165, 1.54) is 33.2 Å². The molecule has 0 aromatic heterocycles. The van der Waals surface area contributed by atoms with Gasteiger partial charge in [-0.25, -0.2) is 0 Å². The smallest absolute Gasteiger partial charge is 0.0561 e. The molecule has 0 saturated carbocycles. The Morgan fingerprint density at radius 2 is 1.52 bits per heavy atom. The fraction of sp³-hybridized carbons (Fsp3) is 0.250. The first-order chi connectivity index (χ1) is 8.79. The quantitative estimate of drug-likeness (QED) is 0.283. The number of para-hydroxylation sites is 2. The monoisotopic (exact) mass is 785 g/mol. The molecule has 0 amide bonds. The van der Waals surface area contributed by atoms with Crippen LogP contribution in [0.1, 0.15) is 31.7 Å². The molecule has 1 aliphatic heterocycles. The maximum atomic E-state index is 3.60. The van der Waals surface area contributed by atoms with Gasteiger partial charge >= 0.3 is 0 Å². The Morgan fingerprint density at radius 3 is 2.17 bits per heavy atom. The number of fused-ring (bicyclic) bond motifs is 2. The van der Waals surface area contributed by atoms with Crippen LogP contribution in [0.15, 0.2) is 52.3 Å². The van der Waals surface area contributed by atoms with Crippen LogP contribution < -0.4 is 5.32 Å². The normalized spacial score (nSPS) is 11.2. The number of hydrogen-bond donors (Lipinski definition) is 1. The van der Waals surface area contributed by atoms with E-state index in [2.05, 4.69) is 61.6 Å². The van der Waals surface area contributed by atoms with Gasteiger partial charge in [-0.05, 0) is 36.1 Å². The standard InChI is InChI=1S/C16H17NS.4HI.H2O/c1-3-11(2)12-7-6-10-15-16(12)17-13-8-4-5-9-14(13)18-15;;;;;/h4-11,17H,3H2,1-2H3;4*1H;1H2. The van der Waals surface area contributed by atoms with Crippen LogP contribution in [-0.2, 0) is 0 Å². The van der Waals surface area contributed by atoms with E-state index in [-0.39, 0.29) is 101 Å². The molecule has 7 heteroatoms. The Bertz CT molecular complexity index is 598. The van der Waals surface area contributed by atoms with Crippen molar-refractivity contribution >= 4 is 119 Å². The average molecular weight is 785 g/mol. The van der Waals surface area contributed by atoms with Gasteiger partial charge in [-0.15, -0.1) is 95.9 Å². The Labute approximate surface area is 211 Å². The summed E-state index contributed by atoms with van der Waals surface area (Å²) < 4.78 is 0. The van der Waals surface area contributed by atoms with Gasteiger partial charge in [-0.1, -0.05) is 49.9 Å². The van der Waals surface area contributed by atoms with Gasteiger partial charge in [0.15, 0.2) is 0 Å². The maximum absolute atomic E-state index is 3.60. The first-order valence-corrected chi connectivity index (χ1v) is 7.28. The lowest BCUT2D eigenvalue weighted by molar-refractivity contribution is 0.733. The number of rotatable bonds is 2. The van der Waals surface area contributed by atoms with Crippen molar-refractivity contribution in [3.63, 3.8) is 0 Å². The molecule has 23 heavy (non-hydrogen) atoms. The van der Waals surface area contributed by atoms with Crippen molar-refractivity contribution in [3.8, 4) is 0 Å². The van der Waals surface area contributed by atoms with Crippen molar-refractivity contribution in [3.05, 3.63) is 48.0 Å². The van der Waals surface area contributed by atoms with E-state index in [9.17, 15) is 0 Å². The molecule has 132 valence electrons. The van der Waals surface area contributed by atoms with Crippen LogP contribution >= 0.6 is 108 Å². The van der Waals surface area contributed by atoms with Gasteiger partial charge in [0.1, 0.15) is 0 Å². The van der Waals surface area contributed by atoms with Crippen molar-refractivity contribution in [2.45, 2.75) is 36.0 Å². The summed E-state index contributed by atoms with van der Waals surface area (Å²) in [4.78, 5) is 2.65. The average Bonchev–Trinajstić information content (AvgIpc) is 2.43. The lowest BCUT2D eigenvalue weighted by atomic mass is 9.96. The highest BCUT2D eigenvalue weighted by Gasteiger charge is 2.19. The van der Waals surface area contributed by atoms with Gasteiger partial charge in [-0.3, -0.25) is 0 Å². The molecule has 0 radical (unpaired) electrons. The van der Waals surface area contributed by atoms with Gasteiger partial charge in [0.25, 0.3) is 0 Å². The van der Waals surface area contributed by atoms with Crippen LogP contribution in [0.3, 0.4) is 0 Å². The molecule has 0 spiro atoms. The van der Waals surface area contributed by atoms with E-state index in [0.717, 1.165) is 0 Å². The number of halogens is 4. The van der Waals surface area contributed by atoms with Gasteiger partial charge in [-0.2, -0.15) is 0 Å². The molecule has 2 nitrogen and oxygen atoms in total. The van der Waals surface area contributed by atoms with E-state index < -0.39 is 0 Å². The van der Waals surface area contributed by atoms with Crippen molar-refractivity contribution in [1.82, 2.24) is 0 Å². The molecular weight excluding hydrogens is 762 g/mol. The van der Waals surface area contributed by atoms with E-state index in [1.54, 1.807) is 0 Å². The van der Waals surface area contributed by atoms with Crippen molar-refractivity contribution < 1.29 is 5.48 Å². The van der Waals surface area contributed by atoms with E-state index >= 15 is 0 Å². The molecule has 3 rings (SSSR count). The summed E-state index contributed by atoms with van der Waals surface area (Å²) in [6, 6.07) is 15.1. The van der Waals surface area contributed by atoms with E-state index in [4.69, 9.17) is 0 Å². The third kappa shape index (κ3) is 6.61. The maximum Gasteiger partial charge on any atom is 0.0561 e.